The van der Waals surface area contributed by atoms with Crippen LogP contribution in [0.5, 0.6) is 0 Å². The highest BCUT2D eigenvalue weighted by atomic mass is 32.1. The van der Waals surface area contributed by atoms with Gasteiger partial charge in [-0.15, -0.1) is 11.3 Å². The van der Waals surface area contributed by atoms with Crippen LogP contribution >= 0.6 is 11.3 Å². The maximum absolute atomic E-state index is 13.3. The van der Waals surface area contributed by atoms with Gasteiger partial charge in [-0.05, 0) is 74.3 Å². The number of nitrogens with one attached hydrogen (secondary N) is 2. The predicted molar refractivity (Wildman–Crippen MR) is 143 cm³/mol. The second-order valence-corrected chi connectivity index (χ2v) is 10.3. The topological polar surface area (TPSA) is 84.2 Å². The number of fused-ring (bicyclic) bond motifs is 1. The number of benzene rings is 2. The van der Waals surface area contributed by atoms with Crippen LogP contribution in [-0.4, -0.2) is 23.5 Å². The number of hydrogen-bond donors (Lipinski definition) is 2. The van der Waals surface area contributed by atoms with E-state index in [0.717, 1.165) is 48.8 Å². The summed E-state index contributed by atoms with van der Waals surface area (Å²) in [6.45, 7) is 4.62. The van der Waals surface area contributed by atoms with Crippen molar-refractivity contribution in [2.45, 2.75) is 46.0 Å². The first-order valence-corrected chi connectivity index (χ1v) is 13.1. The van der Waals surface area contributed by atoms with Crippen LogP contribution < -0.4 is 10.6 Å². The summed E-state index contributed by atoms with van der Waals surface area (Å²) in [5.41, 5.74) is 6.21. The lowest BCUT2D eigenvalue weighted by Gasteiger charge is -2.13. The first kappa shape index (κ1) is 24.0. The minimum atomic E-state index is -0.384. The zero-order valence-corrected chi connectivity index (χ0v) is 21.3. The number of aryl methyl sites for hydroxylation is 3. The van der Waals surface area contributed by atoms with E-state index in [0.29, 0.717) is 22.9 Å². The van der Waals surface area contributed by atoms with E-state index in [1.165, 1.54) is 27.3 Å². The first-order chi connectivity index (χ1) is 17.5. The van der Waals surface area contributed by atoms with Crippen LogP contribution in [0.25, 0.3) is 11.3 Å². The van der Waals surface area contributed by atoms with E-state index in [1.54, 1.807) is 6.07 Å². The molecular weight excluding hydrogens is 470 g/mol. The number of amides is 2. The SMILES string of the molecule is Cc1ccc(-c2cc(C(=O)Nc3sc4c(c3C(=O)NCCc3ccccc3)CCCC4)no2)cc1C. The van der Waals surface area contributed by atoms with Gasteiger partial charge in [0.1, 0.15) is 5.00 Å². The van der Waals surface area contributed by atoms with Crippen LogP contribution in [0.3, 0.4) is 0 Å². The van der Waals surface area contributed by atoms with Crippen LogP contribution in [0.4, 0.5) is 5.00 Å². The molecular formula is C29H29N3O3S. The highest BCUT2D eigenvalue weighted by molar-refractivity contribution is 7.17. The molecule has 4 aromatic rings. The standard InChI is InChI=1S/C29H29N3O3S/c1-18-12-13-21(16-19(18)2)24-17-23(32-35-24)27(33)31-29-26(22-10-6-7-11-25(22)36-29)28(34)30-15-14-20-8-4-3-5-9-20/h3-5,8-9,12-13,16-17H,6-7,10-11,14-15H2,1-2H3,(H,30,34)(H,31,33). The van der Waals surface area contributed by atoms with E-state index in [9.17, 15) is 9.59 Å². The van der Waals surface area contributed by atoms with Crippen molar-refractivity contribution >= 4 is 28.2 Å². The molecule has 5 rings (SSSR count). The number of carbonyl (C=O) groups excluding carboxylic acids is 2. The summed E-state index contributed by atoms with van der Waals surface area (Å²) in [6, 6.07) is 17.7. The lowest BCUT2D eigenvalue weighted by Crippen LogP contribution is -2.27. The molecule has 0 saturated heterocycles. The summed E-state index contributed by atoms with van der Waals surface area (Å²) in [6.07, 6.45) is 4.68. The molecule has 1 aliphatic rings. The molecule has 184 valence electrons. The molecule has 0 aliphatic heterocycles. The van der Waals surface area contributed by atoms with Crippen LogP contribution in [0.15, 0.2) is 59.1 Å². The fourth-order valence-corrected chi connectivity index (χ4v) is 5.81. The van der Waals surface area contributed by atoms with E-state index < -0.39 is 0 Å². The van der Waals surface area contributed by atoms with E-state index >= 15 is 0 Å². The van der Waals surface area contributed by atoms with Crippen molar-refractivity contribution in [2.75, 3.05) is 11.9 Å². The number of anilines is 1. The largest absolute Gasteiger partial charge is 0.355 e. The number of thiophene rings is 1. The van der Waals surface area contributed by atoms with E-state index in [4.69, 9.17) is 4.52 Å². The molecule has 0 fully saturated rings. The van der Waals surface area contributed by atoms with Crippen LogP contribution in [0.1, 0.15) is 60.8 Å². The third-order valence-electron chi connectivity index (χ3n) is 6.70. The predicted octanol–water partition coefficient (Wildman–Crippen LogP) is 6.12. The molecule has 1 aliphatic carbocycles. The lowest BCUT2D eigenvalue weighted by molar-refractivity contribution is 0.0954. The van der Waals surface area contributed by atoms with Gasteiger partial charge in [0.05, 0.1) is 5.56 Å². The number of rotatable bonds is 7. The summed E-state index contributed by atoms with van der Waals surface area (Å²) < 4.78 is 5.47. The quantitative estimate of drug-likeness (QED) is 0.321. The van der Waals surface area contributed by atoms with Gasteiger partial charge in [0.25, 0.3) is 11.8 Å². The molecule has 0 saturated carbocycles. The number of carbonyl (C=O) groups is 2. The van der Waals surface area contributed by atoms with Gasteiger partial charge >= 0.3 is 0 Å². The van der Waals surface area contributed by atoms with E-state index in [-0.39, 0.29) is 17.5 Å². The third-order valence-corrected chi connectivity index (χ3v) is 7.91. The second kappa shape index (κ2) is 10.5. The highest BCUT2D eigenvalue weighted by Crippen LogP contribution is 2.38. The average Bonchev–Trinajstić information content (AvgIpc) is 3.51. The minimum Gasteiger partial charge on any atom is -0.355 e. The Morgan fingerprint density at radius 2 is 1.78 bits per heavy atom. The minimum absolute atomic E-state index is 0.142. The summed E-state index contributed by atoms with van der Waals surface area (Å²) in [7, 11) is 0. The zero-order valence-electron chi connectivity index (χ0n) is 20.5. The first-order valence-electron chi connectivity index (χ1n) is 12.3. The van der Waals surface area contributed by atoms with Gasteiger partial charge in [0, 0.05) is 23.1 Å². The van der Waals surface area contributed by atoms with Crippen LogP contribution in [-0.2, 0) is 19.3 Å². The molecule has 2 aromatic carbocycles. The Hall–Kier alpha value is -3.71. The fraction of sp³-hybridized carbons (Fsp3) is 0.276. The van der Waals surface area contributed by atoms with E-state index in [1.807, 2.05) is 55.5 Å². The van der Waals surface area contributed by atoms with Crippen molar-refractivity contribution in [3.05, 3.63) is 93.0 Å². The van der Waals surface area contributed by atoms with Gasteiger partial charge in [0.2, 0.25) is 0 Å². The monoisotopic (exact) mass is 499 g/mol. The van der Waals surface area contributed by atoms with Gasteiger partial charge in [-0.1, -0.05) is 47.6 Å². The maximum Gasteiger partial charge on any atom is 0.278 e. The van der Waals surface area contributed by atoms with Gasteiger partial charge in [0.15, 0.2) is 11.5 Å². The van der Waals surface area contributed by atoms with Crippen molar-refractivity contribution in [2.24, 2.45) is 0 Å². The summed E-state index contributed by atoms with van der Waals surface area (Å²) in [5.74, 6) is 0.00923. The number of nitrogens with zero attached hydrogens (tertiary/aromatic N) is 1. The van der Waals surface area contributed by atoms with Crippen molar-refractivity contribution in [3.63, 3.8) is 0 Å². The molecule has 0 atom stereocenters. The van der Waals surface area contributed by atoms with Crippen molar-refractivity contribution in [1.82, 2.24) is 10.5 Å². The highest BCUT2D eigenvalue weighted by Gasteiger charge is 2.27. The third kappa shape index (κ3) is 5.11. The number of hydrogen-bond acceptors (Lipinski definition) is 5. The van der Waals surface area contributed by atoms with Crippen LogP contribution in [0, 0.1) is 13.8 Å². The molecule has 0 bridgehead atoms. The van der Waals surface area contributed by atoms with Crippen molar-refractivity contribution in [1.29, 1.82) is 0 Å². The van der Waals surface area contributed by atoms with Crippen LogP contribution in [0.2, 0.25) is 0 Å². The van der Waals surface area contributed by atoms with Gasteiger partial charge in [-0.2, -0.15) is 0 Å². The molecule has 0 radical (unpaired) electrons. The fourth-order valence-electron chi connectivity index (χ4n) is 4.53. The molecule has 7 heteroatoms. The maximum atomic E-state index is 13.3. The Labute approximate surface area is 214 Å². The lowest BCUT2D eigenvalue weighted by atomic mass is 9.95. The molecule has 2 heterocycles. The van der Waals surface area contributed by atoms with E-state index in [2.05, 4.69) is 22.7 Å². The normalized spacial score (nSPS) is 12.7. The second-order valence-electron chi connectivity index (χ2n) is 9.24. The molecule has 36 heavy (non-hydrogen) atoms. The molecule has 6 nitrogen and oxygen atoms in total. The Morgan fingerprint density at radius 3 is 2.58 bits per heavy atom. The molecule has 2 aromatic heterocycles. The molecule has 2 N–H and O–H groups in total. The smallest absolute Gasteiger partial charge is 0.278 e. The van der Waals surface area contributed by atoms with Crippen molar-refractivity contribution < 1.29 is 14.1 Å². The average molecular weight is 500 g/mol. The Bertz CT molecular complexity index is 1400. The molecule has 2 amide bonds. The Kier molecular flexibility index (Phi) is 7.00. The van der Waals surface area contributed by atoms with Gasteiger partial charge in [-0.25, -0.2) is 0 Å². The molecule has 0 unspecified atom stereocenters. The summed E-state index contributed by atoms with van der Waals surface area (Å²) >= 11 is 1.50. The van der Waals surface area contributed by atoms with Gasteiger partial charge < -0.3 is 15.2 Å². The number of aromatic nitrogens is 1. The zero-order chi connectivity index (χ0) is 25.1. The molecule has 0 spiro atoms. The Balaban J connectivity index is 1.33. The van der Waals surface area contributed by atoms with Gasteiger partial charge in [-0.3, -0.25) is 9.59 Å². The summed E-state index contributed by atoms with van der Waals surface area (Å²) in [5, 5.41) is 10.6. The van der Waals surface area contributed by atoms with Crippen molar-refractivity contribution in [3.8, 4) is 11.3 Å². The Morgan fingerprint density at radius 1 is 0.972 bits per heavy atom. The summed E-state index contributed by atoms with van der Waals surface area (Å²) in [4.78, 5) is 27.6.